The van der Waals surface area contributed by atoms with Crippen LogP contribution in [0, 0.1) is 5.92 Å². The first-order chi connectivity index (χ1) is 17.5. The van der Waals surface area contributed by atoms with Gasteiger partial charge in [-0.1, -0.05) is 49.4 Å². The van der Waals surface area contributed by atoms with Gasteiger partial charge in [0, 0.05) is 19.6 Å². The van der Waals surface area contributed by atoms with E-state index in [9.17, 15) is 14.4 Å². The molecular formula is C27H34N4O5. The predicted molar refractivity (Wildman–Crippen MR) is 137 cm³/mol. The molecule has 1 saturated heterocycles. The lowest BCUT2D eigenvalue weighted by atomic mass is 9.97. The monoisotopic (exact) mass is 494 g/mol. The van der Waals surface area contributed by atoms with Gasteiger partial charge in [-0.15, -0.1) is 0 Å². The van der Waals surface area contributed by atoms with Crippen LogP contribution in [0.3, 0.4) is 0 Å². The number of nitrogens with one attached hydrogen (secondary N) is 1. The van der Waals surface area contributed by atoms with Crippen molar-refractivity contribution >= 4 is 23.2 Å². The Labute approximate surface area is 210 Å². The standard InChI is InChI=1S/C27H34N4O5/c1-3-24(28-25(32)35-18-20-10-6-5-7-11-20)29-16-14-21(15-17-29)19-36-27(34)31-23-13-9-8-12-22(23)30(4-2)26(31)33/h5-13,21,24H,3-4,14-19H2,1-2H3,(H,28,32)/t24-/m1/s1. The highest BCUT2D eigenvalue weighted by molar-refractivity contribution is 5.86. The summed E-state index contributed by atoms with van der Waals surface area (Å²) in [6.07, 6.45) is 1.23. The number of hydrogen-bond donors (Lipinski definition) is 1. The molecule has 9 nitrogen and oxygen atoms in total. The summed E-state index contributed by atoms with van der Waals surface area (Å²) in [5, 5.41) is 2.96. The summed E-state index contributed by atoms with van der Waals surface area (Å²) in [6.45, 7) is 6.41. The molecule has 1 aromatic heterocycles. The molecule has 0 bridgehead atoms. The maximum atomic E-state index is 12.8. The minimum absolute atomic E-state index is 0.115. The number of benzene rings is 2. The summed E-state index contributed by atoms with van der Waals surface area (Å²) in [5.74, 6) is 0.197. The van der Waals surface area contributed by atoms with Gasteiger partial charge in [0.2, 0.25) is 0 Å². The average Bonchev–Trinajstić information content (AvgIpc) is 3.21. The number of likely N-dealkylation sites (tertiary alicyclic amines) is 1. The molecule has 0 saturated carbocycles. The quantitative estimate of drug-likeness (QED) is 0.505. The van der Waals surface area contributed by atoms with Crippen LogP contribution in [0.15, 0.2) is 59.4 Å². The Morgan fingerprint density at radius 1 is 0.972 bits per heavy atom. The summed E-state index contributed by atoms with van der Waals surface area (Å²) >= 11 is 0. The number of ether oxygens (including phenoxy) is 2. The number of imidazole rings is 1. The zero-order chi connectivity index (χ0) is 25.5. The molecule has 192 valence electrons. The van der Waals surface area contributed by atoms with E-state index >= 15 is 0 Å². The number of aryl methyl sites for hydroxylation is 1. The molecule has 1 amide bonds. The molecule has 0 aliphatic carbocycles. The molecule has 1 N–H and O–H groups in total. The van der Waals surface area contributed by atoms with Crippen molar-refractivity contribution in [1.29, 1.82) is 0 Å². The molecule has 36 heavy (non-hydrogen) atoms. The number of aromatic nitrogens is 2. The summed E-state index contributed by atoms with van der Waals surface area (Å²) in [7, 11) is 0. The van der Waals surface area contributed by atoms with Crippen molar-refractivity contribution in [3.05, 3.63) is 70.6 Å². The molecule has 1 aliphatic heterocycles. The van der Waals surface area contributed by atoms with Gasteiger partial charge in [-0.2, -0.15) is 4.57 Å². The van der Waals surface area contributed by atoms with Gasteiger partial charge < -0.3 is 14.8 Å². The Morgan fingerprint density at radius 2 is 1.64 bits per heavy atom. The number of para-hydroxylation sites is 2. The Balaban J connectivity index is 1.26. The zero-order valence-corrected chi connectivity index (χ0v) is 20.9. The molecule has 3 aromatic rings. The van der Waals surface area contributed by atoms with Crippen LogP contribution in [0.4, 0.5) is 9.59 Å². The lowest BCUT2D eigenvalue weighted by Gasteiger charge is -2.37. The summed E-state index contributed by atoms with van der Waals surface area (Å²) in [6, 6.07) is 16.8. The number of carbonyl (C=O) groups is 2. The second-order valence-corrected chi connectivity index (χ2v) is 9.04. The molecule has 0 unspecified atom stereocenters. The number of rotatable bonds is 8. The van der Waals surface area contributed by atoms with E-state index in [2.05, 4.69) is 10.2 Å². The highest BCUT2D eigenvalue weighted by Crippen LogP contribution is 2.21. The lowest BCUT2D eigenvalue weighted by Crippen LogP contribution is -2.51. The van der Waals surface area contributed by atoms with Gasteiger partial charge in [0.15, 0.2) is 0 Å². The fraction of sp³-hybridized carbons (Fsp3) is 0.444. The number of fused-ring (bicyclic) bond motifs is 1. The first-order valence-electron chi connectivity index (χ1n) is 12.6. The average molecular weight is 495 g/mol. The molecule has 2 aromatic carbocycles. The van der Waals surface area contributed by atoms with E-state index in [0.29, 0.717) is 12.1 Å². The summed E-state index contributed by atoms with van der Waals surface area (Å²) in [5.41, 5.74) is 1.84. The van der Waals surface area contributed by atoms with Gasteiger partial charge in [-0.25, -0.2) is 14.4 Å². The minimum atomic E-state index is -0.639. The molecule has 0 radical (unpaired) electrons. The molecule has 4 rings (SSSR count). The lowest BCUT2D eigenvalue weighted by molar-refractivity contribution is 0.0643. The maximum absolute atomic E-state index is 12.8. The van der Waals surface area contributed by atoms with E-state index in [1.54, 1.807) is 16.7 Å². The van der Waals surface area contributed by atoms with Crippen molar-refractivity contribution < 1.29 is 19.1 Å². The Hall–Kier alpha value is -3.59. The number of hydrogen-bond acceptors (Lipinski definition) is 6. The van der Waals surface area contributed by atoms with Crippen molar-refractivity contribution in [2.45, 2.75) is 52.4 Å². The van der Waals surface area contributed by atoms with Gasteiger partial charge in [0.1, 0.15) is 6.61 Å². The fourth-order valence-corrected chi connectivity index (χ4v) is 4.73. The smallest absolute Gasteiger partial charge is 0.422 e. The van der Waals surface area contributed by atoms with Crippen molar-refractivity contribution in [3.8, 4) is 0 Å². The van der Waals surface area contributed by atoms with E-state index in [0.717, 1.165) is 48.0 Å². The van der Waals surface area contributed by atoms with Gasteiger partial charge in [-0.05, 0) is 49.8 Å². The predicted octanol–water partition coefficient (Wildman–Crippen LogP) is 4.18. The topological polar surface area (TPSA) is 94.8 Å². The number of alkyl carbamates (subject to hydrolysis) is 1. The largest absolute Gasteiger partial charge is 0.449 e. The number of piperidine rings is 1. The first-order valence-corrected chi connectivity index (χ1v) is 12.6. The Bertz CT molecular complexity index is 1230. The van der Waals surface area contributed by atoms with E-state index < -0.39 is 12.2 Å². The third-order valence-corrected chi connectivity index (χ3v) is 6.75. The van der Waals surface area contributed by atoms with E-state index in [4.69, 9.17) is 9.47 Å². The zero-order valence-electron chi connectivity index (χ0n) is 20.9. The minimum Gasteiger partial charge on any atom is -0.449 e. The third kappa shape index (κ3) is 5.79. The van der Waals surface area contributed by atoms with Crippen LogP contribution in [0.2, 0.25) is 0 Å². The van der Waals surface area contributed by atoms with Crippen LogP contribution in [-0.4, -0.2) is 52.1 Å². The molecule has 1 atom stereocenters. The van der Waals surface area contributed by atoms with Crippen LogP contribution in [0.25, 0.3) is 11.0 Å². The second-order valence-electron chi connectivity index (χ2n) is 9.04. The molecular weight excluding hydrogens is 460 g/mol. The summed E-state index contributed by atoms with van der Waals surface area (Å²) in [4.78, 5) is 40.1. The molecule has 0 spiro atoms. The van der Waals surface area contributed by atoms with E-state index in [1.807, 2.05) is 56.3 Å². The van der Waals surface area contributed by atoms with Crippen LogP contribution in [-0.2, 0) is 22.6 Å². The highest BCUT2D eigenvalue weighted by atomic mass is 16.6. The van der Waals surface area contributed by atoms with Crippen molar-refractivity contribution in [2.24, 2.45) is 5.92 Å². The number of carbonyl (C=O) groups excluding carboxylic acids is 2. The highest BCUT2D eigenvalue weighted by Gasteiger charge is 2.27. The van der Waals surface area contributed by atoms with Crippen molar-refractivity contribution in [2.75, 3.05) is 19.7 Å². The van der Waals surface area contributed by atoms with Gasteiger partial charge in [0.05, 0.1) is 23.8 Å². The fourth-order valence-electron chi connectivity index (χ4n) is 4.73. The first kappa shape index (κ1) is 25.5. The molecule has 2 heterocycles. The molecule has 1 fully saturated rings. The Kier molecular flexibility index (Phi) is 8.43. The van der Waals surface area contributed by atoms with Crippen molar-refractivity contribution in [1.82, 2.24) is 19.4 Å². The van der Waals surface area contributed by atoms with E-state index in [1.165, 1.54) is 0 Å². The summed E-state index contributed by atoms with van der Waals surface area (Å²) < 4.78 is 13.6. The van der Waals surface area contributed by atoms with Gasteiger partial charge in [-0.3, -0.25) is 9.47 Å². The van der Waals surface area contributed by atoms with E-state index in [-0.39, 0.29) is 31.0 Å². The maximum Gasteiger partial charge on any atom is 0.422 e. The van der Waals surface area contributed by atoms with Crippen LogP contribution in [0.1, 0.15) is 38.7 Å². The van der Waals surface area contributed by atoms with Gasteiger partial charge in [0.25, 0.3) is 0 Å². The van der Waals surface area contributed by atoms with Crippen molar-refractivity contribution in [3.63, 3.8) is 0 Å². The van der Waals surface area contributed by atoms with Gasteiger partial charge >= 0.3 is 17.9 Å². The third-order valence-electron chi connectivity index (χ3n) is 6.75. The number of amides is 1. The molecule has 9 heteroatoms. The molecule has 1 aliphatic rings. The SMILES string of the molecule is CC[C@H](NC(=O)OCc1ccccc1)N1CCC(COC(=O)n2c(=O)n(CC)c3ccccc32)CC1. The van der Waals surface area contributed by atoms with Crippen LogP contribution >= 0.6 is 0 Å². The van der Waals surface area contributed by atoms with Crippen LogP contribution < -0.4 is 11.0 Å². The normalized spacial score (nSPS) is 15.5. The number of nitrogens with zero attached hydrogens (tertiary/aromatic N) is 3. The van der Waals surface area contributed by atoms with Crippen LogP contribution in [0.5, 0.6) is 0 Å². The Morgan fingerprint density at radius 3 is 2.31 bits per heavy atom. The second kappa shape index (κ2) is 11.9.